The summed E-state index contributed by atoms with van der Waals surface area (Å²) in [6.07, 6.45) is 10.6. The predicted octanol–water partition coefficient (Wildman–Crippen LogP) is 5.45. The molecule has 0 spiro atoms. The van der Waals surface area contributed by atoms with Gasteiger partial charge in [0.25, 0.3) is 0 Å². The van der Waals surface area contributed by atoms with E-state index >= 15 is 0 Å². The van der Waals surface area contributed by atoms with E-state index in [0.717, 1.165) is 28.2 Å². The molecule has 5 nitrogen and oxygen atoms in total. The predicted molar refractivity (Wildman–Crippen MR) is 127 cm³/mol. The van der Waals surface area contributed by atoms with Crippen LogP contribution in [0, 0.1) is 5.92 Å². The molecule has 3 aromatic rings. The quantitative estimate of drug-likeness (QED) is 0.521. The van der Waals surface area contributed by atoms with Gasteiger partial charge in [0.05, 0.1) is 0 Å². The Bertz CT molecular complexity index is 1020. The van der Waals surface area contributed by atoms with Crippen LogP contribution in [0.15, 0.2) is 60.9 Å². The first-order chi connectivity index (χ1) is 15.5. The fraction of sp³-hybridized carbons (Fsp3) is 0.370. The molecule has 1 atom stereocenters. The van der Waals surface area contributed by atoms with E-state index in [1.807, 2.05) is 36.7 Å². The summed E-state index contributed by atoms with van der Waals surface area (Å²) in [5.41, 5.74) is 10.9. The zero-order chi connectivity index (χ0) is 22.5. The zero-order valence-corrected chi connectivity index (χ0v) is 18.6. The minimum Gasteiger partial charge on any atom is -0.480 e. The molecule has 0 aliphatic heterocycles. The molecular weight excluding hydrogens is 398 g/mol. The van der Waals surface area contributed by atoms with Crippen molar-refractivity contribution in [1.29, 1.82) is 0 Å². The average Bonchev–Trinajstić information content (AvgIpc) is 2.85. The lowest BCUT2D eigenvalue weighted by Crippen LogP contribution is -2.32. The fourth-order valence-electron chi connectivity index (χ4n) is 4.61. The van der Waals surface area contributed by atoms with Crippen molar-refractivity contribution >= 4 is 5.97 Å². The lowest BCUT2D eigenvalue weighted by Gasteiger charge is -2.28. The fourth-order valence-corrected chi connectivity index (χ4v) is 4.61. The van der Waals surface area contributed by atoms with Crippen LogP contribution in [-0.4, -0.2) is 27.1 Å². The van der Waals surface area contributed by atoms with E-state index in [9.17, 15) is 4.79 Å². The van der Waals surface area contributed by atoms with Crippen molar-refractivity contribution in [3.63, 3.8) is 0 Å². The first-order valence-corrected chi connectivity index (χ1v) is 11.5. The summed E-state index contributed by atoms with van der Waals surface area (Å²) >= 11 is 0. The van der Waals surface area contributed by atoms with Crippen LogP contribution in [0.4, 0.5) is 0 Å². The Morgan fingerprint density at radius 1 is 0.938 bits per heavy atom. The van der Waals surface area contributed by atoms with Crippen LogP contribution in [0.5, 0.6) is 0 Å². The van der Waals surface area contributed by atoms with Crippen LogP contribution in [-0.2, 0) is 11.2 Å². The van der Waals surface area contributed by atoms with Crippen LogP contribution in [0.1, 0.15) is 56.1 Å². The maximum atomic E-state index is 10.9. The number of hydrogen-bond acceptors (Lipinski definition) is 4. The van der Waals surface area contributed by atoms with Crippen LogP contribution in [0.25, 0.3) is 22.5 Å². The smallest absolute Gasteiger partial charge is 0.320 e. The molecule has 166 valence electrons. The summed E-state index contributed by atoms with van der Waals surface area (Å²) in [6, 6.07) is 15.6. The second kappa shape index (κ2) is 10.0. The third kappa shape index (κ3) is 5.22. The molecule has 2 aromatic carbocycles. The molecule has 1 heterocycles. The van der Waals surface area contributed by atoms with Crippen LogP contribution in [0.3, 0.4) is 0 Å². The Balaban J connectivity index is 1.41. The molecule has 4 rings (SSSR count). The van der Waals surface area contributed by atoms with Gasteiger partial charge in [-0.25, -0.2) is 9.97 Å². The van der Waals surface area contributed by atoms with E-state index in [4.69, 9.17) is 10.8 Å². The van der Waals surface area contributed by atoms with E-state index in [2.05, 4.69) is 41.2 Å². The second-order valence-corrected chi connectivity index (χ2v) is 8.89. The molecule has 0 unspecified atom stereocenters. The Morgan fingerprint density at radius 2 is 1.53 bits per heavy atom. The van der Waals surface area contributed by atoms with E-state index in [-0.39, 0.29) is 0 Å². The molecule has 0 amide bonds. The second-order valence-electron chi connectivity index (χ2n) is 8.89. The molecule has 1 fully saturated rings. The summed E-state index contributed by atoms with van der Waals surface area (Å²) in [4.78, 5) is 20.0. The number of nitrogens with zero attached hydrogens (tertiary/aromatic N) is 2. The van der Waals surface area contributed by atoms with Gasteiger partial charge in [-0.2, -0.15) is 0 Å². The van der Waals surface area contributed by atoms with Crippen molar-refractivity contribution in [3.8, 4) is 22.5 Å². The summed E-state index contributed by atoms with van der Waals surface area (Å²) in [7, 11) is 0. The number of aromatic nitrogens is 2. The van der Waals surface area contributed by atoms with Crippen molar-refractivity contribution in [3.05, 3.63) is 72.1 Å². The lowest BCUT2D eigenvalue weighted by atomic mass is 9.78. The van der Waals surface area contributed by atoms with Gasteiger partial charge in [-0.05, 0) is 60.6 Å². The van der Waals surface area contributed by atoms with Gasteiger partial charge in [-0.1, -0.05) is 61.9 Å². The van der Waals surface area contributed by atoms with Gasteiger partial charge < -0.3 is 10.8 Å². The minimum absolute atomic E-state index is 0.297. The van der Waals surface area contributed by atoms with Gasteiger partial charge in [0.2, 0.25) is 0 Å². The van der Waals surface area contributed by atoms with Gasteiger partial charge in [0, 0.05) is 23.5 Å². The van der Waals surface area contributed by atoms with E-state index in [0.29, 0.717) is 18.2 Å². The molecule has 0 saturated heterocycles. The van der Waals surface area contributed by atoms with Crippen molar-refractivity contribution in [1.82, 2.24) is 9.97 Å². The SMILES string of the molecule is CCC1CCC(c2ccc(-c3cnc(-c4ccc(C[C@H](N)C(=O)O)cc4)nc3)cc2)CC1. The zero-order valence-electron chi connectivity index (χ0n) is 18.6. The number of benzene rings is 2. The highest BCUT2D eigenvalue weighted by molar-refractivity contribution is 5.73. The number of carboxylic acid groups (broad SMARTS) is 1. The van der Waals surface area contributed by atoms with Gasteiger partial charge in [0.1, 0.15) is 6.04 Å². The third-order valence-electron chi connectivity index (χ3n) is 6.78. The van der Waals surface area contributed by atoms with Gasteiger partial charge in [0.15, 0.2) is 5.82 Å². The third-order valence-corrected chi connectivity index (χ3v) is 6.78. The highest BCUT2D eigenvalue weighted by atomic mass is 16.4. The van der Waals surface area contributed by atoms with Crippen LogP contribution >= 0.6 is 0 Å². The number of hydrogen-bond donors (Lipinski definition) is 2. The van der Waals surface area contributed by atoms with Crippen molar-refractivity contribution in [2.75, 3.05) is 0 Å². The minimum atomic E-state index is -0.995. The lowest BCUT2D eigenvalue weighted by molar-refractivity contribution is -0.138. The van der Waals surface area contributed by atoms with Gasteiger partial charge >= 0.3 is 5.97 Å². The number of carbonyl (C=O) groups is 1. The number of rotatable bonds is 7. The maximum Gasteiger partial charge on any atom is 0.320 e. The monoisotopic (exact) mass is 429 g/mol. The number of carboxylic acids is 1. The van der Waals surface area contributed by atoms with E-state index < -0.39 is 12.0 Å². The summed E-state index contributed by atoms with van der Waals surface area (Å²) in [5.74, 6) is 1.26. The van der Waals surface area contributed by atoms with Gasteiger partial charge in [-0.3, -0.25) is 4.79 Å². The standard InChI is InChI=1S/C27H31N3O2/c1-2-18-3-7-20(8-4-18)21-11-13-22(14-12-21)24-16-29-26(30-17-24)23-9-5-19(6-10-23)15-25(28)27(31)32/h5-6,9-14,16-18,20,25H,2-4,7-8,15,28H2,1H3,(H,31,32)/t18?,20?,25-/m0/s1. The Hall–Kier alpha value is -3.05. The number of nitrogens with two attached hydrogens (primary N) is 1. The first-order valence-electron chi connectivity index (χ1n) is 11.5. The molecule has 0 radical (unpaired) electrons. The molecule has 0 bridgehead atoms. The molecule has 5 heteroatoms. The Kier molecular flexibility index (Phi) is 6.96. The molecule has 1 aromatic heterocycles. The summed E-state index contributed by atoms with van der Waals surface area (Å²) in [6.45, 7) is 2.31. The average molecular weight is 430 g/mol. The van der Waals surface area contributed by atoms with Crippen molar-refractivity contribution in [2.24, 2.45) is 11.7 Å². The topological polar surface area (TPSA) is 89.1 Å². The van der Waals surface area contributed by atoms with Crippen LogP contribution < -0.4 is 5.73 Å². The Morgan fingerprint density at radius 3 is 2.09 bits per heavy atom. The molecule has 1 aliphatic rings. The maximum absolute atomic E-state index is 10.9. The molecule has 32 heavy (non-hydrogen) atoms. The largest absolute Gasteiger partial charge is 0.480 e. The molecular formula is C27H31N3O2. The van der Waals surface area contributed by atoms with E-state index in [1.165, 1.54) is 37.7 Å². The van der Waals surface area contributed by atoms with Crippen molar-refractivity contribution in [2.45, 2.75) is 57.4 Å². The normalized spacial score (nSPS) is 19.4. The van der Waals surface area contributed by atoms with Crippen LogP contribution in [0.2, 0.25) is 0 Å². The molecule has 1 saturated carbocycles. The molecule has 3 N–H and O–H groups in total. The van der Waals surface area contributed by atoms with Crippen molar-refractivity contribution < 1.29 is 9.90 Å². The first kappa shape index (κ1) is 22.2. The Labute approximate surface area is 189 Å². The van der Waals surface area contributed by atoms with E-state index in [1.54, 1.807) is 0 Å². The highest BCUT2D eigenvalue weighted by Gasteiger charge is 2.21. The summed E-state index contributed by atoms with van der Waals surface area (Å²) in [5, 5.41) is 8.95. The summed E-state index contributed by atoms with van der Waals surface area (Å²) < 4.78 is 0. The van der Waals surface area contributed by atoms with Gasteiger partial charge in [-0.15, -0.1) is 0 Å². The number of aliphatic carboxylic acids is 1. The highest BCUT2D eigenvalue weighted by Crippen LogP contribution is 2.37. The molecule has 1 aliphatic carbocycles.